The number of carbonyl (C=O) groups excluding carboxylic acids is 1. The molecular weight excluding hydrogens is 314 g/mol. The maximum atomic E-state index is 12.5. The van der Waals surface area contributed by atoms with E-state index in [2.05, 4.69) is 0 Å². The fourth-order valence-electron chi connectivity index (χ4n) is 3.02. The summed E-state index contributed by atoms with van der Waals surface area (Å²) >= 11 is 0. The fraction of sp³-hybridized carbons (Fsp3) is 0.786. The van der Waals surface area contributed by atoms with E-state index in [0.717, 1.165) is 0 Å². The van der Waals surface area contributed by atoms with Crippen LogP contribution in [0.15, 0.2) is 11.7 Å². The lowest BCUT2D eigenvalue weighted by Crippen LogP contribution is -2.48. The van der Waals surface area contributed by atoms with Gasteiger partial charge in [0.25, 0.3) is 6.08 Å². The minimum absolute atomic E-state index is 0.0293. The molecule has 2 fully saturated rings. The molecule has 0 radical (unpaired) electrons. The van der Waals surface area contributed by atoms with Crippen molar-refractivity contribution >= 4 is 15.9 Å². The molecule has 2 saturated heterocycles. The molecule has 22 heavy (non-hydrogen) atoms. The molecular formula is C14H22F2N2O3S. The summed E-state index contributed by atoms with van der Waals surface area (Å²) in [6.07, 6.45) is 0.0964. The number of piperidine rings is 2. The molecule has 2 aliphatic rings. The van der Waals surface area contributed by atoms with E-state index in [1.54, 1.807) is 11.8 Å². The lowest BCUT2D eigenvalue weighted by molar-refractivity contribution is -0.137. The third kappa shape index (κ3) is 3.84. The van der Waals surface area contributed by atoms with Gasteiger partial charge < -0.3 is 4.90 Å². The Balaban J connectivity index is 1.97. The Bertz CT molecular complexity index is 548. The van der Waals surface area contributed by atoms with Crippen LogP contribution in [0.1, 0.15) is 32.6 Å². The molecule has 2 heterocycles. The van der Waals surface area contributed by atoms with Crippen LogP contribution in [0.2, 0.25) is 0 Å². The van der Waals surface area contributed by atoms with Crippen LogP contribution >= 0.6 is 0 Å². The van der Waals surface area contributed by atoms with Gasteiger partial charge in [-0.1, -0.05) is 0 Å². The van der Waals surface area contributed by atoms with E-state index in [-0.39, 0.29) is 42.5 Å². The van der Waals surface area contributed by atoms with Crippen LogP contribution in [0.3, 0.4) is 0 Å². The maximum Gasteiger partial charge on any atom is 0.269 e. The minimum atomic E-state index is -3.28. The molecule has 0 aliphatic carbocycles. The smallest absolute Gasteiger partial charge is 0.269 e. The fourth-order valence-corrected chi connectivity index (χ4v) is 4.20. The summed E-state index contributed by atoms with van der Waals surface area (Å²) in [5, 5.41) is 0. The van der Waals surface area contributed by atoms with Crippen molar-refractivity contribution in [2.24, 2.45) is 5.92 Å². The molecule has 2 aliphatic heterocycles. The van der Waals surface area contributed by atoms with Gasteiger partial charge >= 0.3 is 0 Å². The van der Waals surface area contributed by atoms with Gasteiger partial charge in [-0.2, -0.15) is 8.78 Å². The maximum absolute atomic E-state index is 12.5. The molecule has 126 valence electrons. The topological polar surface area (TPSA) is 57.7 Å². The number of amides is 1. The van der Waals surface area contributed by atoms with Gasteiger partial charge in [0.05, 0.1) is 11.7 Å². The van der Waals surface area contributed by atoms with Crippen molar-refractivity contribution in [3.05, 3.63) is 11.7 Å². The quantitative estimate of drug-likeness (QED) is 0.790. The number of sulfonamides is 1. The standard InChI is InChI=1S/C14H22F2N2O3S/c1-2-22(20,21)18-7-3-4-12(10-18)14(19)17-8-5-11(6-9-17)13(15)16/h12H,2-10H2,1H3. The number of nitrogens with zero attached hydrogens (tertiary/aromatic N) is 2. The lowest BCUT2D eigenvalue weighted by Gasteiger charge is -2.36. The average Bonchev–Trinajstić information content (AvgIpc) is 2.54. The summed E-state index contributed by atoms with van der Waals surface area (Å²) in [5.41, 5.74) is 0.128. The Morgan fingerprint density at radius 1 is 1.23 bits per heavy atom. The number of likely N-dealkylation sites (tertiary alicyclic amines) is 1. The Kier molecular flexibility index (Phi) is 5.55. The highest BCUT2D eigenvalue weighted by Crippen LogP contribution is 2.26. The first kappa shape index (κ1) is 17.3. The van der Waals surface area contributed by atoms with E-state index >= 15 is 0 Å². The zero-order valence-electron chi connectivity index (χ0n) is 12.7. The molecule has 0 aromatic heterocycles. The normalized spacial score (nSPS) is 24.4. The molecule has 8 heteroatoms. The Morgan fingerprint density at radius 3 is 2.41 bits per heavy atom. The Labute approximate surface area is 130 Å². The van der Waals surface area contributed by atoms with Crippen molar-refractivity contribution in [1.29, 1.82) is 0 Å². The first-order valence-electron chi connectivity index (χ1n) is 7.64. The van der Waals surface area contributed by atoms with Gasteiger partial charge in [-0.15, -0.1) is 0 Å². The molecule has 0 aromatic carbocycles. The van der Waals surface area contributed by atoms with E-state index in [0.29, 0.717) is 32.5 Å². The highest BCUT2D eigenvalue weighted by molar-refractivity contribution is 7.89. The van der Waals surface area contributed by atoms with Crippen LogP contribution < -0.4 is 0 Å². The first-order valence-corrected chi connectivity index (χ1v) is 9.25. The third-order valence-corrected chi connectivity index (χ3v) is 6.29. The Morgan fingerprint density at radius 2 is 1.86 bits per heavy atom. The van der Waals surface area contributed by atoms with E-state index in [1.165, 1.54) is 4.31 Å². The summed E-state index contributed by atoms with van der Waals surface area (Å²) in [7, 11) is -3.28. The number of rotatable bonds is 3. The first-order chi connectivity index (χ1) is 10.3. The molecule has 1 unspecified atom stereocenters. The Hall–Kier alpha value is -1.02. The highest BCUT2D eigenvalue weighted by Gasteiger charge is 2.34. The zero-order chi connectivity index (χ0) is 16.3. The lowest BCUT2D eigenvalue weighted by atomic mass is 9.96. The zero-order valence-corrected chi connectivity index (χ0v) is 13.5. The predicted molar refractivity (Wildman–Crippen MR) is 78.8 cm³/mol. The number of halogens is 2. The van der Waals surface area contributed by atoms with Crippen molar-refractivity contribution in [3.8, 4) is 0 Å². The van der Waals surface area contributed by atoms with E-state index in [1.807, 2.05) is 0 Å². The van der Waals surface area contributed by atoms with E-state index in [9.17, 15) is 22.0 Å². The predicted octanol–water partition coefficient (Wildman–Crippen LogP) is 1.82. The molecule has 0 aromatic rings. The van der Waals surface area contributed by atoms with Crippen LogP contribution in [-0.4, -0.2) is 55.5 Å². The van der Waals surface area contributed by atoms with Crippen molar-refractivity contribution in [2.75, 3.05) is 31.9 Å². The van der Waals surface area contributed by atoms with Gasteiger partial charge in [-0.05, 0) is 38.2 Å². The minimum Gasteiger partial charge on any atom is -0.342 e. The second-order valence-electron chi connectivity index (χ2n) is 5.79. The molecule has 1 amide bonds. The van der Waals surface area contributed by atoms with Gasteiger partial charge in [-0.3, -0.25) is 4.79 Å². The molecule has 0 saturated carbocycles. The number of hydrogen-bond acceptors (Lipinski definition) is 3. The third-order valence-electron chi connectivity index (χ3n) is 4.44. The molecule has 0 spiro atoms. The average molecular weight is 336 g/mol. The van der Waals surface area contributed by atoms with Gasteiger partial charge in [0, 0.05) is 26.2 Å². The number of carbonyl (C=O) groups is 1. The molecule has 1 atom stereocenters. The van der Waals surface area contributed by atoms with Crippen molar-refractivity contribution in [1.82, 2.24) is 9.21 Å². The van der Waals surface area contributed by atoms with Crippen LogP contribution in [0.4, 0.5) is 8.78 Å². The van der Waals surface area contributed by atoms with Gasteiger partial charge in [0.2, 0.25) is 15.9 Å². The molecule has 0 bridgehead atoms. The van der Waals surface area contributed by atoms with Crippen molar-refractivity contribution < 1.29 is 22.0 Å². The SMILES string of the molecule is CCS(=O)(=O)N1CCCC(C(=O)N2CCC(=C(F)F)CC2)C1. The van der Waals surface area contributed by atoms with Crippen LogP contribution in [0.25, 0.3) is 0 Å². The molecule has 2 rings (SSSR count). The second-order valence-corrected chi connectivity index (χ2v) is 8.04. The van der Waals surface area contributed by atoms with Crippen LogP contribution in [-0.2, 0) is 14.8 Å². The highest BCUT2D eigenvalue weighted by atomic mass is 32.2. The second kappa shape index (κ2) is 7.04. The van der Waals surface area contributed by atoms with E-state index in [4.69, 9.17) is 0 Å². The summed E-state index contributed by atoms with van der Waals surface area (Å²) in [6, 6.07) is 0. The van der Waals surface area contributed by atoms with Crippen molar-refractivity contribution in [3.63, 3.8) is 0 Å². The summed E-state index contributed by atoms with van der Waals surface area (Å²) in [5.74, 6) is -0.424. The van der Waals surface area contributed by atoms with E-state index < -0.39 is 16.1 Å². The van der Waals surface area contributed by atoms with Crippen LogP contribution in [0, 0.1) is 5.92 Å². The molecule has 5 nitrogen and oxygen atoms in total. The monoisotopic (exact) mass is 336 g/mol. The van der Waals surface area contributed by atoms with Gasteiger partial charge in [0.1, 0.15) is 0 Å². The van der Waals surface area contributed by atoms with Crippen molar-refractivity contribution in [2.45, 2.75) is 32.6 Å². The van der Waals surface area contributed by atoms with Crippen LogP contribution in [0.5, 0.6) is 0 Å². The van der Waals surface area contributed by atoms with Gasteiger partial charge in [0.15, 0.2) is 0 Å². The molecule has 0 N–H and O–H groups in total. The largest absolute Gasteiger partial charge is 0.342 e. The number of hydrogen-bond donors (Lipinski definition) is 0. The summed E-state index contributed by atoms with van der Waals surface area (Å²) in [4.78, 5) is 14.1. The summed E-state index contributed by atoms with van der Waals surface area (Å²) in [6.45, 7) is 2.85. The van der Waals surface area contributed by atoms with Gasteiger partial charge in [-0.25, -0.2) is 12.7 Å². The summed E-state index contributed by atoms with van der Waals surface area (Å²) < 4.78 is 50.3.